The molecule has 0 spiro atoms. The van der Waals surface area contributed by atoms with Crippen molar-refractivity contribution in [2.75, 3.05) is 0 Å². The lowest BCUT2D eigenvalue weighted by molar-refractivity contribution is -0.138. The van der Waals surface area contributed by atoms with Crippen LogP contribution in [-0.4, -0.2) is 22.2 Å². The van der Waals surface area contributed by atoms with E-state index in [2.05, 4.69) is 0 Å². The van der Waals surface area contributed by atoms with Crippen LogP contribution in [0.5, 0.6) is 0 Å². The van der Waals surface area contributed by atoms with E-state index in [1.54, 1.807) is 0 Å². The van der Waals surface area contributed by atoms with Gasteiger partial charge in [0.2, 0.25) is 0 Å². The van der Waals surface area contributed by atoms with Crippen LogP contribution in [0.4, 0.5) is 0 Å². The Morgan fingerprint density at radius 1 is 0.933 bits per heavy atom. The van der Waals surface area contributed by atoms with Crippen molar-refractivity contribution < 1.29 is 19.8 Å². The smallest absolute Gasteiger partial charge is 0.303 e. The highest BCUT2D eigenvalue weighted by molar-refractivity contribution is 5.67. The molecule has 0 aromatic rings. The molecule has 0 rings (SSSR count). The molecule has 2 unspecified atom stereocenters. The summed E-state index contributed by atoms with van der Waals surface area (Å²) in [5.74, 6) is -1.17. The highest BCUT2D eigenvalue weighted by Crippen LogP contribution is 2.17. The van der Waals surface area contributed by atoms with Gasteiger partial charge < -0.3 is 10.2 Å². The Morgan fingerprint density at radius 2 is 1.27 bits per heavy atom. The summed E-state index contributed by atoms with van der Waals surface area (Å²) in [5.41, 5.74) is 0. The van der Waals surface area contributed by atoms with Gasteiger partial charge in [0.15, 0.2) is 0 Å². The molecular weight excluding hydrogens is 196 g/mol. The predicted octanol–water partition coefficient (Wildman–Crippen LogP) is 2.38. The summed E-state index contributed by atoms with van der Waals surface area (Å²) in [6.07, 6.45) is 3.02. The fourth-order valence-corrected chi connectivity index (χ4v) is 1.62. The van der Waals surface area contributed by atoms with Crippen molar-refractivity contribution in [3.8, 4) is 0 Å². The van der Waals surface area contributed by atoms with Gasteiger partial charge in [-0.25, -0.2) is 0 Å². The number of carboxylic acids is 2. The molecular formula is C11H20O4. The lowest BCUT2D eigenvalue weighted by Crippen LogP contribution is -2.07. The number of aliphatic carboxylic acids is 2. The number of rotatable bonds is 8. The quantitative estimate of drug-likeness (QED) is 0.653. The van der Waals surface area contributed by atoms with E-state index >= 15 is 0 Å². The summed E-state index contributed by atoms with van der Waals surface area (Å²) in [5, 5.41) is 17.1. The summed E-state index contributed by atoms with van der Waals surface area (Å²) < 4.78 is 0. The zero-order valence-corrected chi connectivity index (χ0v) is 9.40. The molecule has 2 atom stereocenters. The molecule has 0 aromatic carbocycles. The standard InChI is InChI=1S/C11H20O4/c1-8(6-10(12)13)4-3-5-9(2)7-11(14)15/h8-9H,3-7H2,1-2H3,(H,12,13)(H,14,15). The molecule has 4 heteroatoms. The Balaban J connectivity index is 3.52. The van der Waals surface area contributed by atoms with Crippen molar-refractivity contribution in [3.63, 3.8) is 0 Å². The second-order valence-electron chi connectivity index (χ2n) is 4.34. The minimum absolute atomic E-state index is 0.180. The minimum Gasteiger partial charge on any atom is -0.481 e. The molecule has 0 saturated heterocycles. The third-order valence-electron chi connectivity index (χ3n) is 2.44. The second-order valence-corrected chi connectivity index (χ2v) is 4.34. The highest BCUT2D eigenvalue weighted by atomic mass is 16.4. The summed E-state index contributed by atoms with van der Waals surface area (Å²) in [4.78, 5) is 20.7. The Bertz CT molecular complexity index is 191. The maximum Gasteiger partial charge on any atom is 0.303 e. The van der Waals surface area contributed by atoms with Crippen molar-refractivity contribution in [2.45, 2.75) is 46.0 Å². The van der Waals surface area contributed by atoms with Crippen molar-refractivity contribution in [1.82, 2.24) is 0 Å². The monoisotopic (exact) mass is 216 g/mol. The minimum atomic E-state index is -0.763. The summed E-state index contributed by atoms with van der Waals surface area (Å²) >= 11 is 0. The SMILES string of the molecule is CC(CCCC(C)CC(=O)O)CC(=O)O. The molecule has 0 heterocycles. The van der Waals surface area contributed by atoms with Gasteiger partial charge in [-0.1, -0.05) is 33.1 Å². The molecule has 0 aromatic heterocycles. The van der Waals surface area contributed by atoms with E-state index in [1.165, 1.54) is 0 Å². The maximum absolute atomic E-state index is 10.4. The lowest BCUT2D eigenvalue weighted by Gasteiger charge is -2.11. The van der Waals surface area contributed by atoms with Gasteiger partial charge in [0, 0.05) is 12.8 Å². The van der Waals surface area contributed by atoms with Crippen LogP contribution >= 0.6 is 0 Å². The zero-order chi connectivity index (χ0) is 11.8. The van der Waals surface area contributed by atoms with Crippen molar-refractivity contribution in [2.24, 2.45) is 11.8 Å². The summed E-state index contributed by atoms with van der Waals surface area (Å²) in [6, 6.07) is 0. The Morgan fingerprint density at radius 3 is 1.53 bits per heavy atom. The topological polar surface area (TPSA) is 74.6 Å². The van der Waals surface area contributed by atoms with Crippen molar-refractivity contribution >= 4 is 11.9 Å². The van der Waals surface area contributed by atoms with Gasteiger partial charge in [-0.2, -0.15) is 0 Å². The fourth-order valence-electron chi connectivity index (χ4n) is 1.62. The normalized spacial score (nSPS) is 14.5. The zero-order valence-electron chi connectivity index (χ0n) is 9.40. The van der Waals surface area contributed by atoms with Crippen LogP contribution in [0, 0.1) is 11.8 Å². The van der Waals surface area contributed by atoms with Crippen LogP contribution in [0.15, 0.2) is 0 Å². The maximum atomic E-state index is 10.4. The van der Waals surface area contributed by atoms with Gasteiger partial charge in [0.1, 0.15) is 0 Å². The van der Waals surface area contributed by atoms with E-state index in [0.717, 1.165) is 19.3 Å². The Labute approximate surface area is 90.3 Å². The fraction of sp³-hybridized carbons (Fsp3) is 0.818. The number of carboxylic acid groups (broad SMARTS) is 2. The largest absolute Gasteiger partial charge is 0.481 e. The molecule has 0 fully saturated rings. The van der Waals surface area contributed by atoms with Crippen LogP contribution in [0.25, 0.3) is 0 Å². The van der Waals surface area contributed by atoms with Gasteiger partial charge in [-0.3, -0.25) is 9.59 Å². The van der Waals surface area contributed by atoms with E-state index < -0.39 is 11.9 Å². The van der Waals surface area contributed by atoms with Crippen LogP contribution in [0.2, 0.25) is 0 Å². The van der Waals surface area contributed by atoms with Gasteiger partial charge in [-0.15, -0.1) is 0 Å². The average Bonchev–Trinajstić information content (AvgIpc) is 2.00. The van der Waals surface area contributed by atoms with Crippen LogP contribution in [0.1, 0.15) is 46.0 Å². The molecule has 0 aliphatic carbocycles. The first-order chi connectivity index (χ1) is 6.91. The molecule has 15 heavy (non-hydrogen) atoms. The predicted molar refractivity (Wildman–Crippen MR) is 56.7 cm³/mol. The molecule has 2 N–H and O–H groups in total. The van der Waals surface area contributed by atoms with Crippen molar-refractivity contribution in [1.29, 1.82) is 0 Å². The number of carbonyl (C=O) groups is 2. The third kappa shape index (κ3) is 9.25. The average molecular weight is 216 g/mol. The van der Waals surface area contributed by atoms with Gasteiger partial charge >= 0.3 is 11.9 Å². The molecule has 4 nitrogen and oxygen atoms in total. The van der Waals surface area contributed by atoms with E-state index in [1.807, 2.05) is 13.8 Å². The Hall–Kier alpha value is -1.06. The Kier molecular flexibility index (Phi) is 6.75. The van der Waals surface area contributed by atoms with Gasteiger partial charge in [0.05, 0.1) is 0 Å². The molecule has 0 saturated carbocycles. The molecule has 88 valence electrons. The van der Waals surface area contributed by atoms with E-state index in [0.29, 0.717) is 0 Å². The van der Waals surface area contributed by atoms with Gasteiger partial charge in [-0.05, 0) is 11.8 Å². The molecule has 0 aliphatic rings. The molecule has 0 radical (unpaired) electrons. The van der Waals surface area contributed by atoms with E-state index in [4.69, 9.17) is 10.2 Å². The molecule has 0 amide bonds. The van der Waals surface area contributed by atoms with E-state index in [-0.39, 0.29) is 24.7 Å². The van der Waals surface area contributed by atoms with Crippen LogP contribution < -0.4 is 0 Å². The summed E-state index contributed by atoms with van der Waals surface area (Å²) in [7, 11) is 0. The van der Waals surface area contributed by atoms with Gasteiger partial charge in [0.25, 0.3) is 0 Å². The first-order valence-corrected chi connectivity index (χ1v) is 5.35. The molecule has 0 bridgehead atoms. The number of hydrogen-bond acceptors (Lipinski definition) is 2. The van der Waals surface area contributed by atoms with Crippen LogP contribution in [0.3, 0.4) is 0 Å². The van der Waals surface area contributed by atoms with Crippen molar-refractivity contribution in [3.05, 3.63) is 0 Å². The lowest BCUT2D eigenvalue weighted by atomic mass is 9.95. The molecule has 0 aliphatic heterocycles. The first kappa shape index (κ1) is 13.9. The van der Waals surface area contributed by atoms with E-state index in [9.17, 15) is 9.59 Å². The second kappa shape index (κ2) is 7.26. The van der Waals surface area contributed by atoms with Crippen LogP contribution in [-0.2, 0) is 9.59 Å². The third-order valence-corrected chi connectivity index (χ3v) is 2.44. The highest BCUT2D eigenvalue weighted by Gasteiger charge is 2.10. The number of hydrogen-bond donors (Lipinski definition) is 2. The summed E-state index contributed by atoms with van der Waals surface area (Å²) in [6.45, 7) is 3.83. The first-order valence-electron chi connectivity index (χ1n) is 5.35.